The van der Waals surface area contributed by atoms with Crippen LogP contribution in [-0.4, -0.2) is 27.3 Å². The predicted molar refractivity (Wildman–Crippen MR) is 85.9 cm³/mol. The molecule has 0 atom stereocenters. The maximum absolute atomic E-state index is 13.1. The van der Waals surface area contributed by atoms with Crippen molar-refractivity contribution in [2.45, 2.75) is 46.4 Å². The molecule has 0 saturated heterocycles. The van der Waals surface area contributed by atoms with Crippen molar-refractivity contribution in [3.05, 3.63) is 35.0 Å². The van der Waals surface area contributed by atoms with Gasteiger partial charge < -0.3 is 4.74 Å². The fourth-order valence-electron chi connectivity index (χ4n) is 2.38. The van der Waals surface area contributed by atoms with Gasteiger partial charge in [0.1, 0.15) is 11.0 Å². The molecule has 0 N–H and O–H groups in total. The third kappa shape index (κ3) is 4.25. The minimum absolute atomic E-state index is 0.0572. The summed E-state index contributed by atoms with van der Waals surface area (Å²) in [6.45, 7) is 0.657. The van der Waals surface area contributed by atoms with Crippen molar-refractivity contribution >= 4 is 11.6 Å². The molecule has 0 spiro atoms. The smallest absolute Gasteiger partial charge is 0.394 e. The number of aryl methyl sites for hydroxylation is 1. The second kappa shape index (κ2) is 7.38. The highest BCUT2D eigenvalue weighted by Gasteiger charge is 2.47. The van der Waals surface area contributed by atoms with Crippen LogP contribution in [0, 0.1) is 5.41 Å². The molecular formula is C16H17ClF5N3O. The number of halogens is 6. The Morgan fingerprint density at radius 2 is 1.85 bits per heavy atom. The lowest BCUT2D eigenvalue weighted by atomic mass is 9.85. The number of pyridine rings is 1. The molecule has 144 valence electrons. The molecule has 0 aliphatic carbocycles. The number of nitrogens with zero attached hydrogens (tertiary/aromatic N) is 3. The third-order valence-corrected chi connectivity index (χ3v) is 4.11. The molecule has 0 fully saturated rings. The first-order valence-corrected chi connectivity index (χ1v) is 8.07. The Hall–Kier alpha value is -1.90. The van der Waals surface area contributed by atoms with Gasteiger partial charge in [-0.1, -0.05) is 32.4 Å². The van der Waals surface area contributed by atoms with E-state index in [1.54, 1.807) is 6.92 Å². The van der Waals surface area contributed by atoms with Crippen molar-refractivity contribution in [2.24, 2.45) is 5.41 Å². The van der Waals surface area contributed by atoms with Gasteiger partial charge in [-0.15, -0.1) is 0 Å². The molecule has 0 amide bonds. The summed E-state index contributed by atoms with van der Waals surface area (Å²) in [5.74, 6) is 0.0216. The van der Waals surface area contributed by atoms with Crippen LogP contribution in [0.5, 0.6) is 5.75 Å². The number of alkyl halides is 5. The van der Waals surface area contributed by atoms with E-state index in [0.29, 0.717) is 12.2 Å². The Kier molecular flexibility index (Phi) is 5.79. The highest BCUT2D eigenvalue weighted by atomic mass is 35.5. The molecule has 10 heteroatoms. The monoisotopic (exact) mass is 397 g/mol. The Balaban J connectivity index is 2.50. The van der Waals surface area contributed by atoms with Crippen LogP contribution in [0.1, 0.15) is 32.2 Å². The molecule has 2 heterocycles. The van der Waals surface area contributed by atoms with E-state index >= 15 is 0 Å². The minimum atomic E-state index is -4.46. The highest BCUT2D eigenvalue weighted by molar-refractivity contribution is 6.29. The van der Waals surface area contributed by atoms with Gasteiger partial charge in [-0.05, 0) is 18.1 Å². The Morgan fingerprint density at radius 3 is 2.38 bits per heavy atom. The maximum Gasteiger partial charge on any atom is 0.394 e. The Morgan fingerprint density at radius 1 is 1.19 bits per heavy atom. The molecule has 4 nitrogen and oxygen atoms in total. The Labute approximate surface area is 152 Å². The topological polar surface area (TPSA) is 39.9 Å². The second-order valence-electron chi connectivity index (χ2n) is 6.29. The van der Waals surface area contributed by atoms with E-state index < -0.39 is 24.6 Å². The summed E-state index contributed by atoms with van der Waals surface area (Å²) in [7, 11) is 0. The van der Waals surface area contributed by atoms with Gasteiger partial charge in [0, 0.05) is 12.6 Å². The van der Waals surface area contributed by atoms with Crippen LogP contribution in [0.4, 0.5) is 22.0 Å². The maximum atomic E-state index is 13.1. The summed E-state index contributed by atoms with van der Waals surface area (Å²) in [5.41, 5.74) is -1.94. The lowest BCUT2D eigenvalue weighted by Gasteiger charge is -2.27. The highest BCUT2D eigenvalue weighted by Crippen LogP contribution is 2.41. The van der Waals surface area contributed by atoms with Crippen molar-refractivity contribution in [3.8, 4) is 11.6 Å². The third-order valence-electron chi connectivity index (χ3n) is 3.84. The van der Waals surface area contributed by atoms with Gasteiger partial charge in [-0.25, -0.2) is 9.97 Å². The summed E-state index contributed by atoms with van der Waals surface area (Å²) in [6, 6.07) is 1.12. The van der Waals surface area contributed by atoms with Gasteiger partial charge >= 0.3 is 12.8 Å². The van der Waals surface area contributed by atoms with Gasteiger partial charge in [0.2, 0.25) is 0 Å². The molecular weight excluding hydrogens is 381 g/mol. The van der Waals surface area contributed by atoms with Crippen LogP contribution < -0.4 is 4.74 Å². The summed E-state index contributed by atoms with van der Waals surface area (Å²) < 4.78 is 70.6. The van der Waals surface area contributed by atoms with Crippen LogP contribution >= 0.6 is 11.6 Å². The lowest BCUT2D eigenvalue weighted by Crippen LogP contribution is -2.34. The van der Waals surface area contributed by atoms with Gasteiger partial charge in [-0.3, -0.25) is 4.57 Å². The lowest BCUT2D eigenvalue weighted by molar-refractivity contribution is -0.211. The van der Waals surface area contributed by atoms with Crippen molar-refractivity contribution in [2.75, 3.05) is 0 Å². The standard InChI is InChI=1S/C16H17ClF5N3O/c1-4-12-23-8-11(17)25(12)13-10(26-14(18)19)5-9(7-24-13)6-15(2,3)16(20,21)22/h5,7-8,14H,4,6H2,1-3H3. The van der Waals surface area contributed by atoms with E-state index in [0.717, 1.165) is 19.9 Å². The molecule has 2 aromatic rings. The summed E-state index contributed by atoms with van der Waals surface area (Å²) in [4.78, 5) is 8.07. The van der Waals surface area contributed by atoms with Crippen LogP contribution in [0.2, 0.25) is 5.15 Å². The molecule has 0 aliphatic rings. The molecule has 26 heavy (non-hydrogen) atoms. The minimum Gasteiger partial charge on any atom is -0.431 e. The number of rotatable bonds is 6. The molecule has 0 aromatic carbocycles. The van der Waals surface area contributed by atoms with E-state index in [4.69, 9.17) is 11.6 Å². The second-order valence-corrected chi connectivity index (χ2v) is 6.68. The van der Waals surface area contributed by atoms with Crippen molar-refractivity contribution in [1.29, 1.82) is 0 Å². The van der Waals surface area contributed by atoms with Crippen molar-refractivity contribution in [1.82, 2.24) is 14.5 Å². The fourth-order valence-corrected chi connectivity index (χ4v) is 2.60. The van der Waals surface area contributed by atoms with Crippen LogP contribution in [0.15, 0.2) is 18.5 Å². The van der Waals surface area contributed by atoms with E-state index in [2.05, 4.69) is 14.7 Å². The van der Waals surface area contributed by atoms with Crippen molar-refractivity contribution in [3.63, 3.8) is 0 Å². The normalized spacial score (nSPS) is 12.7. The van der Waals surface area contributed by atoms with E-state index in [-0.39, 0.29) is 22.3 Å². The van der Waals surface area contributed by atoms with Gasteiger partial charge in [0.15, 0.2) is 11.6 Å². The molecule has 0 unspecified atom stereocenters. The zero-order chi connectivity index (χ0) is 19.7. The fraction of sp³-hybridized carbons (Fsp3) is 0.500. The number of hydrogen-bond donors (Lipinski definition) is 0. The average molecular weight is 398 g/mol. The van der Waals surface area contributed by atoms with Gasteiger partial charge in [0.05, 0.1) is 11.6 Å². The first kappa shape index (κ1) is 20.4. The van der Waals surface area contributed by atoms with Crippen LogP contribution in [0.25, 0.3) is 5.82 Å². The zero-order valence-corrected chi connectivity index (χ0v) is 15.0. The first-order chi connectivity index (χ1) is 12.0. The number of hydrogen-bond acceptors (Lipinski definition) is 3. The summed E-state index contributed by atoms with van der Waals surface area (Å²) in [6.07, 6.45) is -1.95. The van der Waals surface area contributed by atoms with Crippen molar-refractivity contribution < 1.29 is 26.7 Å². The van der Waals surface area contributed by atoms with Gasteiger partial charge in [0.25, 0.3) is 0 Å². The van der Waals surface area contributed by atoms with E-state index in [1.807, 2.05) is 0 Å². The number of imidazole rings is 1. The summed E-state index contributed by atoms with van der Waals surface area (Å²) in [5, 5.41) is 0.122. The SMILES string of the molecule is CCc1ncc(Cl)n1-c1ncc(CC(C)(C)C(F)(F)F)cc1OC(F)F. The van der Waals surface area contributed by atoms with Gasteiger partial charge in [-0.2, -0.15) is 22.0 Å². The molecule has 0 bridgehead atoms. The predicted octanol–water partition coefficient (Wildman–Crippen LogP) is 5.22. The van der Waals surface area contributed by atoms with E-state index in [1.165, 1.54) is 17.0 Å². The largest absolute Gasteiger partial charge is 0.431 e. The zero-order valence-electron chi connectivity index (χ0n) is 14.2. The van der Waals surface area contributed by atoms with Crippen LogP contribution in [-0.2, 0) is 12.8 Å². The number of aromatic nitrogens is 3. The molecule has 2 rings (SSSR count). The molecule has 0 aliphatic heterocycles. The van der Waals surface area contributed by atoms with E-state index in [9.17, 15) is 22.0 Å². The first-order valence-electron chi connectivity index (χ1n) is 7.69. The number of ether oxygens (including phenoxy) is 1. The quantitative estimate of drug-likeness (QED) is 0.628. The Bertz CT molecular complexity index is 774. The van der Waals surface area contributed by atoms with Crippen LogP contribution in [0.3, 0.4) is 0 Å². The molecule has 0 saturated carbocycles. The summed E-state index contributed by atoms with van der Waals surface area (Å²) >= 11 is 6.04. The molecule has 0 radical (unpaired) electrons. The average Bonchev–Trinajstić information content (AvgIpc) is 2.86. The molecule has 2 aromatic heterocycles.